The van der Waals surface area contributed by atoms with Crippen LogP contribution in [0.2, 0.25) is 0 Å². The predicted octanol–water partition coefficient (Wildman–Crippen LogP) is 2.18. The molecule has 1 aliphatic carbocycles. The molecule has 1 fully saturated rings. The van der Waals surface area contributed by atoms with Crippen molar-refractivity contribution >= 4 is 16.9 Å². The van der Waals surface area contributed by atoms with Crippen molar-refractivity contribution in [2.24, 2.45) is 11.7 Å². The average Bonchev–Trinajstić information content (AvgIpc) is 3.12. The van der Waals surface area contributed by atoms with Gasteiger partial charge in [0, 0.05) is 17.8 Å². The van der Waals surface area contributed by atoms with E-state index in [2.05, 4.69) is 29.2 Å². The first-order valence-corrected chi connectivity index (χ1v) is 8.37. The van der Waals surface area contributed by atoms with Gasteiger partial charge in [-0.1, -0.05) is 6.42 Å². The Morgan fingerprint density at radius 3 is 2.96 bits per heavy atom. The number of hydrogen-bond acceptors (Lipinski definition) is 4. The van der Waals surface area contributed by atoms with E-state index in [-0.39, 0.29) is 18.0 Å². The molecule has 1 amide bonds. The molecule has 3 rings (SSSR count). The van der Waals surface area contributed by atoms with Crippen LogP contribution in [-0.2, 0) is 0 Å². The lowest BCUT2D eigenvalue weighted by Gasteiger charge is -2.19. The highest BCUT2D eigenvalue weighted by Gasteiger charge is 2.28. The highest BCUT2D eigenvalue weighted by molar-refractivity contribution is 6.05. The molecular formula is C17H25N5O. The van der Waals surface area contributed by atoms with Crippen molar-refractivity contribution in [3.63, 3.8) is 0 Å². The van der Waals surface area contributed by atoms with Crippen molar-refractivity contribution in [2.75, 3.05) is 6.54 Å². The zero-order valence-corrected chi connectivity index (χ0v) is 14.0. The average molecular weight is 315 g/mol. The van der Waals surface area contributed by atoms with E-state index in [1.54, 1.807) is 6.20 Å². The van der Waals surface area contributed by atoms with Crippen LogP contribution in [0.4, 0.5) is 0 Å². The lowest BCUT2D eigenvalue weighted by molar-refractivity contribution is 0.0930. The highest BCUT2D eigenvalue weighted by Crippen LogP contribution is 2.26. The summed E-state index contributed by atoms with van der Waals surface area (Å²) in [6, 6.07) is 2.22. The number of rotatable bonds is 4. The molecule has 2 atom stereocenters. The largest absolute Gasteiger partial charge is 0.349 e. The molecule has 124 valence electrons. The third-order valence-corrected chi connectivity index (χ3v) is 4.71. The summed E-state index contributed by atoms with van der Waals surface area (Å²) in [5.74, 6) is 0.338. The monoisotopic (exact) mass is 315 g/mol. The summed E-state index contributed by atoms with van der Waals surface area (Å²) in [5.41, 5.74) is 8.07. The second-order valence-electron chi connectivity index (χ2n) is 6.74. The van der Waals surface area contributed by atoms with E-state index in [4.69, 9.17) is 5.73 Å². The number of fused-ring (bicyclic) bond motifs is 1. The van der Waals surface area contributed by atoms with Crippen molar-refractivity contribution < 1.29 is 4.79 Å². The molecule has 23 heavy (non-hydrogen) atoms. The fraction of sp³-hybridized carbons (Fsp3) is 0.588. The molecule has 3 N–H and O–H groups in total. The Balaban J connectivity index is 1.94. The van der Waals surface area contributed by atoms with Gasteiger partial charge in [0.05, 0.1) is 17.1 Å². The van der Waals surface area contributed by atoms with E-state index in [1.165, 1.54) is 0 Å². The van der Waals surface area contributed by atoms with Crippen LogP contribution in [-0.4, -0.2) is 33.3 Å². The van der Waals surface area contributed by atoms with Crippen LogP contribution >= 0.6 is 0 Å². The second-order valence-corrected chi connectivity index (χ2v) is 6.74. The number of pyridine rings is 1. The second kappa shape index (κ2) is 6.28. The van der Waals surface area contributed by atoms with E-state index in [1.807, 2.05) is 17.7 Å². The van der Waals surface area contributed by atoms with Crippen molar-refractivity contribution in [2.45, 2.75) is 52.1 Å². The zero-order chi connectivity index (χ0) is 16.6. The summed E-state index contributed by atoms with van der Waals surface area (Å²) in [6.45, 7) is 6.65. The summed E-state index contributed by atoms with van der Waals surface area (Å²) in [4.78, 5) is 17.4. The maximum atomic E-state index is 12.8. The van der Waals surface area contributed by atoms with Gasteiger partial charge in [0.25, 0.3) is 5.91 Å². The number of aryl methyl sites for hydroxylation is 1. The molecule has 0 saturated heterocycles. The Kier molecular flexibility index (Phi) is 4.35. The smallest absolute Gasteiger partial charge is 0.252 e. The van der Waals surface area contributed by atoms with Crippen LogP contribution < -0.4 is 11.1 Å². The first kappa shape index (κ1) is 15.9. The molecule has 1 saturated carbocycles. The molecule has 2 unspecified atom stereocenters. The van der Waals surface area contributed by atoms with Crippen LogP contribution in [0.3, 0.4) is 0 Å². The van der Waals surface area contributed by atoms with E-state index in [9.17, 15) is 4.79 Å². The minimum atomic E-state index is -0.0471. The van der Waals surface area contributed by atoms with Crippen LogP contribution in [0, 0.1) is 12.8 Å². The molecule has 6 heteroatoms. The number of hydrogen-bond donors (Lipinski definition) is 2. The quantitative estimate of drug-likeness (QED) is 0.905. The molecule has 2 aromatic heterocycles. The molecule has 1 aliphatic rings. The van der Waals surface area contributed by atoms with Gasteiger partial charge in [-0.25, -0.2) is 9.67 Å². The highest BCUT2D eigenvalue weighted by atomic mass is 16.1. The number of carbonyl (C=O) groups excluding carboxylic acids is 1. The van der Waals surface area contributed by atoms with E-state index in [0.29, 0.717) is 18.0 Å². The van der Waals surface area contributed by atoms with Gasteiger partial charge < -0.3 is 11.1 Å². The Bertz CT molecular complexity index is 721. The summed E-state index contributed by atoms with van der Waals surface area (Å²) < 4.78 is 1.86. The number of carbonyl (C=O) groups is 1. The minimum Gasteiger partial charge on any atom is -0.349 e. The van der Waals surface area contributed by atoms with Crippen molar-refractivity contribution in [1.82, 2.24) is 20.1 Å². The molecule has 0 aromatic carbocycles. The number of amides is 1. The molecule has 2 aromatic rings. The SMILES string of the molecule is Cc1cc(C(=O)NC2CCCC2CN)c2cnn(C(C)C)c2n1. The number of nitrogens with one attached hydrogen (secondary N) is 1. The van der Waals surface area contributed by atoms with Gasteiger partial charge in [-0.05, 0) is 52.1 Å². The summed E-state index contributed by atoms with van der Waals surface area (Å²) in [5, 5.41) is 8.38. The lowest BCUT2D eigenvalue weighted by atomic mass is 10.0. The van der Waals surface area contributed by atoms with Gasteiger partial charge in [-0.15, -0.1) is 0 Å². The standard InChI is InChI=1S/C17H25N5O/c1-10(2)22-16-14(9-19-22)13(7-11(3)20-16)17(23)21-15-6-4-5-12(15)8-18/h7,9-10,12,15H,4-6,8,18H2,1-3H3,(H,21,23). The Morgan fingerprint density at radius 2 is 2.26 bits per heavy atom. The molecular weight excluding hydrogens is 290 g/mol. The topological polar surface area (TPSA) is 85.8 Å². The van der Waals surface area contributed by atoms with Crippen molar-refractivity contribution in [3.05, 3.63) is 23.5 Å². The Hall–Kier alpha value is -1.95. The zero-order valence-electron chi connectivity index (χ0n) is 14.0. The van der Waals surface area contributed by atoms with Crippen LogP contribution in [0.5, 0.6) is 0 Å². The van der Waals surface area contributed by atoms with E-state index < -0.39 is 0 Å². The van der Waals surface area contributed by atoms with Crippen LogP contribution in [0.15, 0.2) is 12.3 Å². The third-order valence-electron chi connectivity index (χ3n) is 4.71. The molecule has 0 aliphatic heterocycles. The Morgan fingerprint density at radius 1 is 1.48 bits per heavy atom. The first-order valence-electron chi connectivity index (χ1n) is 8.37. The normalized spacial score (nSPS) is 21.3. The predicted molar refractivity (Wildman–Crippen MR) is 90.3 cm³/mol. The first-order chi connectivity index (χ1) is 11.0. The maximum Gasteiger partial charge on any atom is 0.252 e. The van der Waals surface area contributed by atoms with Crippen LogP contribution in [0.25, 0.3) is 11.0 Å². The van der Waals surface area contributed by atoms with Gasteiger partial charge in [0.1, 0.15) is 0 Å². The molecule has 6 nitrogen and oxygen atoms in total. The minimum absolute atomic E-state index is 0.0471. The number of aromatic nitrogens is 3. The summed E-state index contributed by atoms with van der Waals surface area (Å²) in [7, 11) is 0. The van der Waals surface area contributed by atoms with Gasteiger partial charge in [0.15, 0.2) is 5.65 Å². The van der Waals surface area contributed by atoms with E-state index >= 15 is 0 Å². The fourth-order valence-corrected chi connectivity index (χ4v) is 3.46. The number of nitrogens with zero attached hydrogens (tertiary/aromatic N) is 3. The van der Waals surface area contributed by atoms with Crippen molar-refractivity contribution in [1.29, 1.82) is 0 Å². The fourth-order valence-electron chi connectivity index (χ4n) is 3.46. The maximum absolute atomic E-state index is 12.8. The lowest BCUT2D eigenvalue weighted by Crippen LogP contribution is -2.40. The Labute approximate surface area is 136 Å². The molecule has 0 spiro atoms. The van der Waals surface area contributed by atoms with E-state index in [0.717, 1.165) is 36.0 Å². The molecule has 2 heterocycles. The van der Waals surface area contributed by atoms with Crippen molar-refractivity contribution in [3.8, 4) is 0 Å². The van der Waals surface area contributed by atoms with Gasteiger partial charge in [-0.3, -0.25) is 4.79 Å². The van der Waals surface area contributed by atoms with Gasteiger partial charge in [0.2, 0.25) is 0 Å². The summed E-state index contributed by atoms with van der Waals surface area (Å²) >= 11 is 0. The molecule has 0 bridgehead atoms. The van der Waals surface area contributed by atoms with Crippen LogP contribution in [0.1, 0.15) is 55.2 Å². The van der Waals surface area contributed by atoms with Gasteiger partial charge in [-0.2, -0.15) is 5.10 Å². The summed E-state index contributed by atoms with van der Waals surface area (Å²) in [6.07, 6.45) is 4.97. The van der Waals surface area contributed by atoms with Gasteiger partial charge >= 0.3 is 0 Å². The number of nitrogens with two attached hydrogens (primary N) is 1. The third kappa shape index (κ3) is 2.95. The molecule has 0 radical (unpaired) electrons.